The van der Waals surface area contributed by atoms with Crippen LogP contribution in [0.1, 0.15) is 38.4 Å². The number of nitrogens with zero attached hydrogens (tertiary/aromatic N) is 4. The molecule has 1 fully saturated rings. The second-order valence-corrected chi connectivity index (χ2v) is 5.01. The van der Waals surface area contributed by atoms with Crippen molar-refractivity contribution in [1.29, 1.82) is 0 Å². The fourth-order valence-corrected chi connectivity index (χ4v) is 2.65. The lowest BCUT2D eigenvalue weighted by molar-refractivity contribution is 0.494. The summed E-state index contributed by atoms with van der Waals surface area (Å²) in [7, 11) is 1.97. The zero-order valence-corrected chi connectivity index (χ0v) is 10.6. The van der Waals surface area contributed by atoms with Gasteiger partial charge in [0.05, 0.1) is 5.69 Å². The minimum atomic E-state index is 0.431. The van der Waals surface area contributed by atoms with Crippen LogP contribution < -0.4 is 5.73 Å². The van der Waals surface area contributed by atoms with Crippen LogP contribution in [0.3, 0.4) is 0 Å². The number of hydrogen-bond donors (Lipinski definition) is 1. The number of anilines is 1. The van der Waals surface area contributed by atoms with E-state index in [-0.39, 0.29) is 0 Å². The second-order valence-electron chi connectivity index (χ2n) is 5.01. The molecule has 0 aromatic carbocycles. The average molecular weight is 233 g/mol. The van der Waals surface area contributed by atoms with E-state index < -0.39 is 0 Å². The van der Waals surface area contributed by atoms with Crippen LogP contribution in [0.15, 0.2) is 0 Å². The van der Waals surface area contributed by atoms with E-state index in [9.17, 15) is 0 Å². The van der Waals surface area contributed by atoms with E-state index in [4.69, 9.17) is 5.73 Å². The highest BCUT2D eigenvalue weighted by Crippen LogP contribution is 2.41. The van der Waals surface area contributed by atoms with Crippen LogP contribution in [0.25, 0.3) is 11.2 Å². The molecule has 0 aliphatic heterocycles. The van der Waals surface area contributed by atoms with Crippen molar-refractivity contribution in [2.75, 3.05) is 5.73 Å². The standard InChI is InChI=1S/C12H19N5/c1-4-9-10-11(16(3)15-9)17(12(13)14-10)7(2)8-5-6-8/h7-8H,4-6H2,1-3H3,(H2,13,14). The molecule has 5 heteroatoms. The number of nitrogen functional groups attached to an aromatic ring is 1. The van der Waals surface area contributed by atoms with Gasteiger partial charge in [0, 0.05) is 13.1 Å². The smallest absolute Gasteiger partial charge is 0.202 e. The molecular formula is C12H19N5. The Bertz CT molecular complexity index is 561. The van der Waals surface area contributed by atoms with Gasteiger partial charge in [0.15, 0.2) is 5.65 Å². The summed E-state index contributed by atoms with van der Waals surface area (Å²) in [6.45, 7) is 4.33. The molecule has 5 nitrogen and oxygen atoms in total. The first-order valence-corrected chi connectivity index (χ1v) is 6.32. The number of rotatable bonds is 3. The monoisotopic (exact) mass is 233 g/mol. The molecule has 0 amide bonds. The summed E-state index contributed by atoms with van der Waals surface area (Å²) in [6.07, 6.45) is 3.50. The van der Waals surface area contributed by atoms with Crippen LogP contribution >= 0.6 is 0 Å². The predicted molar refractivity (Wildman–Crippen MR) is 67.7 cm³/mol. The van der Waals surface area contributed by atoms with Gasteiger partial charge in [-0.2, -0.15) is 5.10 Å². The van der Waals surface area contributed by atoms with Crippen LogP contribution in [0.4, 0.5) is 5.95 Å². The van der Waals surface area contributed by atoms with Crippen molar-refractivity contribution >= 4 is 17.1 Å². The summed E-state index contributed by atoms with van der Waals surface area (Å²) in [6, 6.07) is 0.431. The normalized spacial score (nSPS) is 17.8. The third kappa shape index (κ3) is 1.45. The molecule has 1 atom stereocenters. The zero-order chi connectivity index (χ0) is 12.2. The Balaban J connectivity index is 2.22. The summed E-state index contributed by atoms with van der Waals surface area (Å²) in [5, 5.41) is 4.51. The number of nitrogens with two attached hydrogens (primary N) is 1. The third-order valence-corrected chi connectivity index (χ3v) is 3.81. The van der Waals surface area contributed by atoms with Crippen LogP contribution in [0.5, 0.6) is 0 Å². The van der Waals surface area contributed by atoms with Gasteiger partial charge in [0.2, 0.25) is 5.95 Å². The van der Waals surface area contributed by atoms with E-state index in [1.807, 2.05) is 11.7 Å². The maximum absolute atomic E-state index is 6.07. The molecule has 0 radical (unpaired) electrons. The number of aromatic nitrogens is 4. The van der Waals surface area contributed by atoms with Crippen molar-refractivity contribution in [3.63, 3.8) is 0 Å². The van der Waals surface area contributed by atoms with E-state index in [0.29, 0.717) is 12.0 Å². The molecule has 1 unspecified atom stereocenters. The SMILES string of the molecule is CCc1nn(C)c2c1nc(N)n2C(C)C1CC1. The molecule has 2 heterocycles. The molecule has 2 aromatic rings. The summed E-state index contributed by atoms with van der Waals surface area (Å²) in [4.78, 5) is 4.49. The first-order chi connectivity index (χ1) is 8.13. The van der Waals surface area contributed by atoms with Crippen molar-refractivity contribution in [3.8, 4) is 0 Å². The maximum atomic E-state index is 6.07. The molecule has 17 heavy (non-hydrogen) atoms. The zero-order valence-electron chi connectivity index (χ0n) is 10.6. The molecule has 92 valence electrons. The number of imidazole rings is 1. The van der Waals surface area contributed by atoms with Crippen molar-refractivity contribution in [3.05, 3.63) is 5.69 Å². The Morgan fingerprint density at radius 1 is 1.47 bits per heavy atom. The molecule has 0 saturated heterocycles. The molecule has 2 N–H and O–H groups in total. The van der Waals surface area contributed by atoms with E-state index >= 15 is 0 Å². The van der Waals surface area contributed by atoms with Crippen molar-refractivity contribution in [2.24, 2.45) is 13.0 Å². The average Bonchev–Trinajstić information content (AvgIpc) is 3.03. The molecule has 0 spiro atoms. The van der Waals surface area contributed by atoms with Gasteiger partial charge in [-0.25, -0.2) is 4.98 Å². The Morgan fingerprint density at radius 3 is 2.76 bits per heavy atom. The Kier molecular flexibility index (Phi) is 2.18. The van der Waals surface area contributed by atoms with E-state index in [0.717, 1.165) is 29.2 Å². The Morgan fingerprint density at radius 2 is 2.18 bits per heavy atom. The minimum Gasteiger partial charge on any atom is -0.369 e. The van der Waals surface area contributed by atoms with E-state index in [1.165, 1.54) is 12.8 Å². The number of hydrogen-bond acceptors (Lipinski definition) is 3. The fourth-order valence-electron chi connectivity index (χ4n) is 2.65. The van der Waals surface area contributed by atoms with E-state index in [1.54, 1.807) is 0 Å². The summed E-state index contributed by atoms with van der Waals surface area (Å²) >= 11 is 0. The summed E-state index contributed by atoms with van der Waals surface area (Å²) in [5.74, 6) is 1.39. The molecule has 1 aliphatic carbocycles. The predicted octanol–water partition coefficient (Wildman–Crippen LogP) is 1.89. The van der Waals surface area contributed by atoms with Gasteiger partial charge >= 0.3 is 0 Å². The Hall–Kier alpha value is -1.52. The van der Waals surface area contributed by atoms with E-state index in [2.05, 4.69) is 28.5 Å². The first-order valence-electron chi connectivity index (χ1n) is 6.32. The minimum absolute atomic E-state index is 0.431. The van der Waals surface area contributed by atoms with Gasteiger partial charge in [-0.15, -0.1) is 0 Å². The van der Waals surface area contributed by atoms with Crippen LogP contribution in [0.2, 0.25) is 0 Å². The van der Waals surface area contributed by atoms with Gasteiger partial charge in [-0.3, -0.25) is 9.25 Å². The van der Waals surface area contributed by atoms with Gasteiger partial charge in [0.25, 0.3) is 0 Å². The lowest BCUT2D eigenvalue weighted by Crippen LogP contribution is -2.12. The van der Waals surface area contributed by atoms with Gasteiger partial charge < -0.3 is 5.73 Å². The lowest BCUT2D eigenvalue weighted by Gasteiger charge is -2.14. The number of aryl methyl sites for hydroxylation is 2. The molecule has 1 saturated carbocycles. The van der Waals surface area contributed by atoms with Gasteiger partial charge in [0.1, 0.15) is 5.52 Å². The largest absolute Gasteiger partial charge is 0.369 e. The van der Waals surface area contributed by atoms with Crippen LogP contribution in [-0.4, -0.2) is 19.3 Å². The highest BCUT2D eigenvalue weighted by atomic mass is 15.4. The van der Waals surface area contributed by atoms with Crippen molar-refractivity contribution in [1.82, 2.24) is 19.3 Å². The second kappa shape index (κ2) is 3.48. The Labute approximate surface area is 101 Å². The fraction of sp³-hybridized carbons (Fsp3) is 0.667. The quantitative estimate of drug-likeness (QED) is 0.880. The van der Waals surface area contributed by atoms with Crippen LogP contribution in [0, 0.1) is 5.92 Å². The maximum Gasteiger partial charge on any atom is 0.202 e. The molecule has 2 aromatic heterocycles. The molecule has 0 bridgehead atoms. The van der Waals surface area contributed by atoms with Crippen molar-refractivity contribution in [2.45, 2.75) is 39.2 Å². The molecule has 1 aliphatic rings. The lowest BCUT2D eigenvalue weighted by atomic mass is 10.2. The topological polar surface area (TPSA) is 61.7 Å². The first kappa shape index (κ1) is 10.6. The third-order valence-electron chi connectivity index (χ3n) is 3.81. The molecular weight excluding hydrogens is 214 g/mol. The van der Waals surface area contributed by atoms with Gasteiger partial charge in [-0.05, 0) is 32.1 Å². The molecule has 3 rings (SSSR count). The van der Waals surface area contributed by atoms with Crippen molar-refractivity contribution < 1.29 is 0 Å². The summed E-state index contributed by atoms with van der Waals surface area (Å²) in [5.41, 5.74) is 9.15. The van der Waals surface area contributed by atoms with Gasteiger partial charge in [-0.1, -0.05) is 6.92 Å². The number of fused-ring (bicyclic) bond motifs is 1. The highest BCUT2D eigenvalue weighted by Gasteiger charge is 2.32. The summed E-state index contributed by atoms with van der Waals surface area (Å²) < 4.78 is 4.07. The highest BCUT2D eigenvalue weighted by molar-refractivity contribution is 5.78. The van der Waals surface area contributed by atoms with Crippen LogP contribution in [-0.2, 0) is 13.5 Å².